The molecule has 0 aliphatic rings. The van der Waals surface area contributed by atoms with Gasteiger partial charge in [0.2, 0.25) is 10.0 Å². The summed E-state index contributed by atoms with van der Waals surface area (Å²) in [5.41, 5.74) is 0.462. The normalized spacial score (nSPS) is 11.7. The zero-order valence-corrected chi connectivity index (χ0v) is 13.9. The van der Waals surface area contributed by atoms with Gasteiger partial charge in [0.15, 0.2) is 11.5 Å². The molecule has 1 rings (SSSR count). The van der Waals surface area contributed by atoms with Gasteiger partial charge in [0.25, 0.3) is 0 Å². The van der Waals surface area contributed by atoms with E-state index in [0.29, 0.717) is 5.56 Å². The predicted molar refractivity (Wildman–Crippen MR) is 81.5 cm³/mol. The van der Waals surface area contributed by atoms with Crippen LogP contribution in [0.5, 0.6) is 11.5 Å². The maximum Gasteiger partial charge on any atom is 0.330 e. The van der Waals surface area contributed by atoms with Crippen LogP contribution in [0.4, 0.5) is 0 Å². The van der Waals surface area contributed by atoms with Gasteiger partial charge in [0.1, 0.15) is 4.90 Å². The number of carbonyl (C=O) groups is 1. The second-order valence-electron chi connectivity index (χ2n) is 4.40. The number of rotatable bonds is 6. The van der Waals surface area contributed by atoms with Crippen molar-refractivity contribution in [2.45, 2.75) is 4.90 Å². The minimum absolute atomic E-state index is 0.0520. The zero-order valence-electron chi connectivity index (χ0n) is 13.1. The predicted octanol–water partition coefficient (Wildman–Crippen LogP) is 1.14. The molecule has 0 aliphatic carbocycles. The summed E-state index contributed by atoms with van der Waals surface area (Å²) in [7, 11) is 3.10. The lowest BCUT2D eigenvalue weighted by atomic mass is 10.2. The molecule has 122 valence electrons. The zero-order chi connectivity index (χ0) is 16.9. The first-order valence-corrected chi connectivity index (χ1v) is 7.66. The number of nitrogens with zero attached hydrogens (tertiary/aromatic N) is 1. The summed E-state index contributed by atoms with van der Waals surface area (Å²) < 4.78 is 40.7. The SMILES string of the molecule is COC(=O)C=Cc1cc(OC)c(OC)c(S(=O)(=O)N(C)C)c1. The molecule has 0 unspecified atom stereocenters. The van der Waals surface area contributed by atoms with Crippen molar-refractivity contribution in [3.05, 3.63) is 23.8 Å². The van der Waals surface area contributed by atoms with Crippen LogP contribution in [-0.4, -0.2) is 54.1 Å². The van der Waals surface area contributed by atoms with Gasteiger partial charge in [-0.3, -0.25) is 0 Å². The van der Waals surface area contributed by atoms with E-state index < -0.39 is 16.0 Å². The van der Waals surface area contributed by atoms with Crippen molar-refractivity contribution in [3.8, 4) is 11.5 Å². The highest BCUT2D eigenvalue weighted by Gasteiger charge is 2.25. The topological polar surface area (TPSA) is 82.1 Å². The molecule has 0 N–H and O–H groups in total. The minimum atomic E-state index is -3.74. The average Bonchev–Trinajstić information content (AvgIpc) is 2.50. The van der Waals surface area contributed by atoms with Crippen molar-refractivity contribution in [1.82, 2.24) is 4.31 Å². The lowest BCUT2D eigenvalue weighted by molar-refractivity contribution is -0.134. The fourth-order valence-corrected chi connectivity index (χ4v) is 2.76. The Morgan fingerprint density at radius 2 is 1.77 bits per heavy atom. The second kappa shape index (κ2) is 7.28. The first kappa shape index (κ1) is 18.0. The number of benzene rings is 1. The van der Waals surface area contributed by atoms with E-state index in [-0.39, 0.29) is 16.4 Å². The highest BCUT2D eigenvalue weighted by molar-refractivity contribution is 7.89. The number of ether oxygens (including phenoxy) is 3. The summed E-state index contributed by atoms with van der Waals surface area (Å²) in [5, 5.41) is 0. The lowest BCUT2D eigenvalue weighted by Gasteiger charge is -2.17. The number of methoxy groups -OCH3 is 3. The van der Waals surface area contributed by atoms with Crippen LogP contribution < -0.4 is 9.47 Å². The molecule has 0 bridgehead atoms. The molecular formula is C14H19NO6S. The van der Waals surface area contributed by atoms with Crippen LogP contribution in [0.3, 0.4) is 0 Å². The minimum Gasteiger partial charge on any atom is -0.493 e. The largest absolute Gasteiger partial charge is 0.493 e. The van der Waals surface area contributed by atoms with Gasteiger partial charge in [0.05, 0.1) is 21.3 Å². The molecule has 0 saturated heterocycles. The van der Waals surface area contributed by atoms with E-state index in [2.05, 4.69) is 4.74 Å². The van der Waals surface area contributed by atoms with Crippen molar-refractivity contribution >= 4 is 22.1 Å². The van der Waals surface area contributed by atoms with E-state index in [1.54, 1.807) is 6.07 Å². The summed E-state index contributed by atoms with van der Waals surface area (Å²) in [6.45, 7) is 0. The molecule has 0 heterocycles. The number of hydrogen-bond acceptors (Lipinski definition) is 6. The molecule has 0 aromatic heterocycles. The summed E-state index contributed by atoms with van der Waals surface area (Å²) in [4.78, 5) is 11.1. The summed E-state index contributed by atoms with van der Waals surface area (Å²) >= 11 is 0. The van der Waals surface area contributed by atoms with Crippen LogP contribution in [-0.2, 0) is 19.6 Å². The smallest absolute Gasteiger partial charge is 0.330 e. The Labute approximate surface area is 130 Å². The summed E-state index contributed by atoms with van der Waals surface area (Å²) in [6.07, 6.45) is 2.62. The molecule has 0 saturated carbocycles. The number of carbonyl (C=O) groups excluding carboxylic acids is 1. The second-order valence-corrected chi connectivity index (χ2v) is 6.52. The summed E-state index contributed by atoms with van der Waals surface area (Å²) in [6, 6.07) is 2.96. The Bertz CT molecular complexity index is 679. The van der Waals surface area contributed by atoms with E-state index in [0.717, 1.165) is 4.31 Å². The Morgan fingerprint density at radius 1 is 1.14 bits per heavy atom. The molecule has 0 fully saturated rings. The maximum absolute atomic E-state index is 12.4. The van der Waals surface area contributed by atoms with Gasteiger partial charge in [-0.1, -0.05) is 0 Å². The van der Waals surface area contributed by atoms with Crippen LogP contribution in [0.1, 0.15) is 5.56 Å². The molecule has 1 aromatic rings. The van der Waals surface area contributed by atoms with E-state index in [4.69, 9.17) is 9.47 Å². The Morgan fingerprint density at radius 3 is 2.23 bits per heavy atom. The molecule has 0 amide bonds. The van der Waals surface area contributed by atoms with Gasteiger partial charge >= 0.3 is 5.97 Å². The third-order valence-electron chi connectivity index (χ3n) is 2.84. The van der Waals surface area contributed by atoms with Gasteiger partial charge < -0.3 is 14.2 Å². The third kappa shape index (κ3) is 3.77. The number of sulfonamides is 1. The monoisotopic (exact) mass is 329 g/mol. The first-order valence-electron chi connectivity index (χ1n) is 6.22. The Hall–Kier alpha value is -2.06. The molecule has 22 heavy (non-hydrogen) atoms. The quantitative estimate of drug-likeness (QED) is 0.575. The number of esters is 1. The van der Waals surface area contributed by atoms with Crippen molar-refractivity contribution < 1.29 is 27.4 Å². The number of hydrogen-bond donors (Lipinski definition) is 0. The van der Waals surface area contributed by atoms with Gasteiger partial charge in [-0.25, -0.2) is 17.5 Å². The Kier molecular flexibility index (Phi) is 5.95. The van der Waals surface area contributed by atoms with Crippen LogP contribution in [0.25, 0.3) is 6.08 Å². The molecule has 0 aliphatic heterocycles. The first-order chi connectivity index (χ1) is 10.3. The van der Waals surface area contributed by atoms with Crippen molar-refractivity contribution in [2.75, 3.05) is 35.4 Å². The molecular weight excluding hydrogens is 310 g/mol. The van der Waals surface area contributed by atoms with Crippen LogP contribution in [0.2, 0.25) is 0 Å². The fourth-order valence-electron chi connectivity index (χ4n) is 1.67. The highest BCUT2D eigenvalue weighted by atomic mass is 32.2. The van der Waals surface area contributed by atoms with Crippen LogP contribution in [0.15, 0.2) is 23.1 Å². The lowest BCUT2D eigenvalue weighted by Crippen LogP contribution is -2.23. The maximum atomic E-state index is 12.4. The molecule has 1 aromatic carbocycles. The van der Waals surface area contributed by atoms with E-state index in [9.17, 15) is 13.2 Å². The fraction of sp³-hybridized carbons (Fsp3) is 0.357. The van der Waals surface area contributed by atoms with Crippen LogP contribution >= 0.6 is 0 Å². The van der Waals surface area contributed by atoms with Gasteiger partial charge in [-0.2, -0.15) is 0 Å². The van der Waals surface area contributed by atoms with Crippen molar-refractivity contribution in [1.29, 1.82) is 0 Å². The van der Waals surface area contributed by atoms with Gasteiger partial charge in [-0.05, 0) is 23.8 Å². The highest BCUT2D eigenvalue weighted by Crippen LogP contribution is 2.37. The average molecular weight is 329 g/mol. The standard InChI is InChI=1S/C14H19NO6S/c1-15(2)22(17,18)12-9-10(6-7-13(16)20-4)8-11(19-3)14(12)21-5/h6-9H,1-5H3. The molecule has 0 spiro atoms. The van der Waals surface area contributed by atoms with E-state index in [1.165, 1.54) is 53.6 Å². The van der Waals surface area contributed by atoms with E-state index >= 15 is 0 Å². The molecule has 8 heteroatoms. The third-order valence-corrected chi connectivity index (χ3v) is 4.66. The molecule has 0 atom stereocenters. The molecule has 7 nitrogen and oxygen atoms in total. The summed E-state index contributed by atoms with van der Waals surface area (Å²) in [5.74, 6) is -0.201. The van der Waals surface area contributed by atoms with Crippen molar-refractivity contribution in [2.24, 2.45) is 0 Å². The van der Waals surface area contributed by atoms with Gasteiger partial charge in [-0.15, -0.1) is 0 Å². The van der Waals surface area contributed by atoms with E-state index in [1.807, 2.05) is 0 Å². The van der Waals surface area contributed by atoms with Crippen LogP contribution in [0, 0.1) is 0 Å². The molecule has 0 radical (unpaired) electrons. The van der Waals surface area contributed by atoms with Gasteiger partial charge in [0, 0.05) is 20.2 Å². The van der Waals surface area contributed by atoms with Crippen molar-refractivity contribution in [3.63, 3.8) is 0 Å². The Balaban J connectivity index is 3.54.